The molecule has 0 radical (unpaired) electrons. The molecular weight excluding hydrogens is 707 g/mol. The van der Waals surface area contributed by atoms with E-state index in [0.717, 1.165) is 16.7 Å². The molecule has 0 amide bonds. The Morgan fingerprint density at radius 1 is 0.940 bits per heavy atom. The van der Waals surface area contributed by atoms with Gasteiger partial charge < -0.3 is 14.4 Å². The minimum Gasteiger partial charge on any atom is -0.384 e. The molecule has 278 valence electrons. The molecule has 2 aromatic rings. The van der Waals surface area contributed by atoms with Crippen molar-refractivity contribution in [3.8, 4) is 0 Å². The first-order valence-corrected chi connectivity index (χ1v) is 20.8. The molecule has 1 aliphatic rings. The first-order valence-electron chi connectivity index (χ1n) is 16.1. The van der Waals surface area contributed by atoms with E-state index in [1.807, 2.05) is 50.0 Å². The molecule has 1 heterocycles. The number of anilines is 1. The Labute approximate surface area is 297 Å². The predicted octanol–water partition coefficient (Wildman–Crippen LogP) is 5.44. The second kappa shape index (κ2) is 16.6. The standard InChI is InChI=1S/C35H49NO11S3/c1-26-12-13-28(16-20-46-5)24-30(26)34(3,17-8-22-48(37,38)39)27(2)10-7-11-33-35(4,18-9-23-49(40,41)42)31-25-29(50(43,44)45)14-15-32(31)36(33)19-21-47-6/h7,10-15,24-25H,2,8-9,16-23H2,1,3-6H3,(H,37,38,39)(H,40,41,42)(H,43,44,45)/b10-7+,33-11+. The highest BCUT2D eigenvalue weighted by Gasteiger charge is 2.44. The topological polar surface area (TPSA) is 185 Å². The van der Waals surface area contributed by atoms with Crippen molar-refractivity contribution in [3.05, 3.63) is 94.7 Å². The zero-order valence-corrected chi connectivity index (χ0v) is 31.7. The van der Waals surface area contributed by atoms with Crippen molar-refractivity contribution in [2.24, 2.45) is 0 Å². The third-order valence-corrected chi connectivity index (χ3v) is 11.9. The average molecular weight is 756 g/mol. The zero-order valence-electron chi connectivity index (χ0n) is 29.3. The van der Waals surface area contributed by atoms with Crippen LogP contribution in [-0.4, -0.2) is 84.4 Å². The maximum absolute atomic E-state index is 12.1. The van der Waals surface area contributed by atoms with Crippen LogP contribution in [0.3, 0.4) is 0 Å². The molecule has 2 unspecified atom stereocenters. The molecule has 0 aliphatic carbocycles. The first kappa shape index (κ1) is 41.5. The van der Waals surface area contributed by atoms with E-state index in [1.165, 1.54) is 12.1 Å². The summed E-state index contributed by atoms with van der Waals surface area (Å²) in [5.74, 6) is -0.912. The average Bonchev–Trinajstić information content (AvgIpc) is 3.23. The molecular formula is C35H49NO11S3. The summed E-state index contributed by atoms with van der Waals surface area (Å²) in [7, 11) is -9.84. The highest BCUT2D eigenvalue weighted by atomic mass is 32.2. The maximum atomic E-state index is 12.1. The smallest absolute Gasteiger partial charge is 0.294 e. The Balaban J connectivity index is 2.15. The van der Waals surface area contributed by atoms with Crippen LogP contribution < -0.4 is 4.90 Å². The summed E-state index contributed by atoms with van der Waals surface area (Å²) in [6.45, 7) is 11.4. The molecule has 2 aromatic carbocycles. The normalized spacial score (nSPS) is 18.9. The number of allylic oxidation sites excluding steroid dienone is 5. The Hall–Kier alpha value is -2.89. The fourth-order valence-electron chi connectivity index (χ4n) is 6.64. The van der Waals surface area contributed by atoms with Crippen LogP contribution in [0.2, 0.25) is 0 Å². The fraction of sp³-hybridized carbons (Fsp3) is 0.486. The monoisotopic (exact) mass is 755 g/mol. The third-order valence-electron chi connectivity index (χ3n) is 9.44. The Kier molecular flexibility index (Phi) is 13.8. The van der Waals surface area contributed by atoms with Gasteiger partial charge in [0.15, 0.2) is 0 Å². The van der Waals surface area contributed by atoms with Gasteiger partial charge in [-0.25, -0.2) is 0 Å². The molecule has 50 heavy (non-hydrogen) atoms. The fourth-order valence-corrected chi connectivity index (χ4v) is 8.17. The van der Waals surface area contributed by atoms with Crippen LogP contribution in [0.4, 0.5) is 5.69 Å². The van der Waals surface area contributed by atoms with Gasteiger partial charge in [-0.1, -0.05) is 43.9 Å². The van der Waals surface area contributed by atoms with E-state index >= 15 is 0 Å². The van der Waals surface area contributed by atoms with Gasteiger partial charge in [-0.05, 0) is 98.1 Å². The summed E-state index contributed by atoms with van der Waals surface area (Å²) < 4.78 is 110. The van der Waals surface area contributed by atoms with Crippen molar-refractivity contribution in [2.75, 3.05) is 50.4 Å². The van der Waals surface area contributed by atoms with Gasteiger partial charge in [-0.2, -0.15) is 25.3 Å². The number of ether oxygens (including phenoxy) is 2. The molecule has 0 aromatic heterocycles. The van der Waals surface area contributed by atoms with Gasteiger partial charge in [0.05, 0.1) is 29.6 Å². The summed E-state index contributed by atoms with van der Waals surface area (Å²) in [4.78, 5) is 1.64. The van der Waals surface area contributed by atoms with E-state index in [4.69, 9.17) is 9.47 Å². The van der Waals surface area contributed by atoms with E-state index in [2.05, 4.69) is 12.6 Å². The quantitative estimate of drug-likeness (QED) is 0.122. The minimum absolute atomic E-state index is 0.0568. The molecule has 0 bridgehead atoms. The molecule has 3 rings (SSSR count). The van der Waals surface area contributed by atoms with Gasteiger partial charge in [-0.3, -0.25) is 13.7 Å². The van der Waals surface area contributed by atoms with E-state index < -0.39 is 52.7 Å². The SMILES string of the molecule is C=C(/C=C/C=C1/N(CCOC)c2ccc(S(=O)(=O)O)cc2C1(C)CCCS(=O)(=O)O)C(C)(CCCS(=O)(=O)O)c1cc(CCOC)ccc1C. The summed E-state index contributed by atoms with van der Waals surface area (Å²) >= 11 is 0. The molecule has 12 nitrogen and oxygen atoms in total. The minimum atomic E-state index is -4.55. The summed E-state index contributed by atoms with van der Waals surface area (Å²) in [6.07, 6.45) is 6.92. The number of rotatable bonds is 19. The van der Waals surface area contributed by atoms with E-state index in [1.54, 1.807) is 26.4 Å². The predicted molar refractivity (Wildman–Crippen MR) is 195 cm³/mol. The number of nitrogens with zero attached hydrogens (tertiary/aromatic N) is 1. The Morgan fingerprint density at radius 2 is 1.58 bits per heavy atom. The lowest BCUT2D eigenvalue weighted by Gasteiger charge is -2.33. The van der Waals surface area contributed by atoms with Crippen molar-refractivity contribution < 1.29 is 48.4 Å². The third kappa shape index (κ3) is 10.6. The Morgan fingerprint density at radius 3 is 2.18 bits per heavy atom. The number of methoxy groups -OCH3 is 2. The van der Waals surface area contributed by atoms with Gasteiger partial charge in [0.2, 0.25) is 0 Å². The molecule has 0 fully saturated rings. The Bertz CT molecular complexity index is 1940. The second-order valence-electron chi connectivity index (χ2n) is 13.1. The number of benzene rings is 2. The lowest BCUT2D eigenvalue weighted by molar-refractivity contribution is 0.202. The zero-order chi connectivity index (χ0) is 37.5. The van der Waals surface area contributed by atoms with E-state index in [9.17, 15) is 38.9 Å². The van der Waals surface area contributed by atoms with Gasteiger partial charge in [0, 0.05) is 43.0 Å². The number of hydrogen-bond acceptors (Lipinski definition) is 9. The van der Waals surface area contributed by atoms with Crippen molar-refractivity contribution in [1.82, 2.24) is 0 Å². The maximum Gasteiger partial charge on any atom is 0.294 e. The molecule has 0 saturated carbocycles. The van der Waals surface area contributed by atoms with Crippen LogP contribution in [0.25, 0.3) is 0 Å². The lowest BCUT2D eigenvalue weighted by atomic mass is 9.71. The molecule has 0 saturated heterocycles. The largest absolute Gasteiger partial charge is 0.384 e. The summed E-state index contributed by atoms with van der Waals surface area (Å²) in [6, 6.07) is 10.4. The molecule has 0 spiro atoms. The van der Waals surface area contributed by atoms with Gasteiger partial charge in [-0.15, -0.1) is 0 Å². The highest BCUT2D eigenvalue weighted by Crippen LogP contribution is 2.51. The van der Waals surface area contributed by atoms with Gasteiger partial charge >= 0.3 is 0 Å². The van der Waals surface area contributed by atoms with Crippen LogP contribution >= 0.6 is 0 Å². The number of aryl methyl sites for hydroxylation is 1. The molecule has 3 N–H and O–H groups in total. The lowest BCUT2D eigenvalue weighted by Crippen LogP contribution is -2.31. The van der Waals surface area contributed by atoms with Crippen LogP contribution in [0.5, 0.6) is 0 Å². The summed E-state index contributed by atoms with van der Waals surface area (Å²) in [5.41, 5.74) is 3.83. The van der Waals surface area contributed by atoms with E-state index in [-0.39, 0.29) is 24.2 Å². The van der Waals surface area contributed by atoms with Crippen molar-refractivity contribution in [3.63, 3.8) is 0 Å². The molecule has 2 atom stereocenters. The van der Waals surface area contributed by atoms with Crippen LogP contribution in [-0.2, 0) is 57.1 Å². The van der Waals surface area contributed by atoms with Crippen molar-refractivity contribution >= 4 is 36.0 Å². The molecule has 1 aliphatic heterocycles. The van der Waals surface area contributed by atoms with Crippen LogP contribution in [0.1, 0.15) is 61.8 Å². The van der Waals surface area contributed by atoms with Gasteiger partial charge in [0.25, 0.3) is 30.4 Å². The van der Waals surface area contributed by atoms with Crippen molar-refractivity contribution in [1.29, 1.82) is 0 Å². The first-order chi connectivity index (χ1) is 23.2. The van der Waals surface area contributed by atoms with Crippen molar-refractivity contribution in [2.45, 2.75) is 68.6 Å². The molecule has 15 heteroatoms. The van der Waals surface area contributed by atoms with Crippen LogP contribution in [0, 0.1) is 6.92 Å². The van der Waals surface area contributed by atoms with Crippen LogP contribution in [0.15, 0.2) is 77.4 Å². The number of fused-ring (bicyclic) bond motifs is 1. The van der Waals surface area contributed by atoms with Gasteiger partial charge in [0.1, 0.15) is 0 Å². The highest BCUT2D eigenvalue weighted by molar-refractivity contribution is 7.86. The van der Waals surface area contributed by atoms with E-state index in [0.29, 0.717) is 55.1 Å². The summed E-state index contributed by atoms with van der Waals surface area (Å²) in [5, 5.41) is 0. The number of hydrogen-bond donors (Lipinski definition) is 3. The second-order valence-corrected chi connectivity index (χ2v) is 17.6.